The van der Waals surface area contributed by atoms with Gasteiger partial charge in [-0.2, -0.15) is 22.7 Å². The summed E-state index contributed by atoms with van der Waals surface area (Å²) in [6.45, 7) is 0. The summed E-state index contributed by atoms with van der Waals surface area (Å²) < 4.78 is 10.5. The molecule has 2 aromatic heterocycles. The van der Waals surface area contributed by atoms with Gasteiger partial charge in [0.1, 0.15) is 11.5 Å². The second kappa shape index (κ2) is 7.99. The van der Waals surface area contributed by atoms with Crippen LogP contribution in [0.3, 0.4) is 0 Å². The lowest BCUT2D eigenvalue weighted by molar-refractivity contribution is -0.118. The van der Waals surface area contributed by atoms with Gasteiger partial charge in [0.05, 0.1) is 12.1 Å². The summed E-state index contributed by atoms with van der Waals surface area (Å²) in [5, 5.41) is 13.4. The average Bonchev–Trinajstić information content (AvgIpc) is 3.35. The Balaban J connectivity index is 1.38. The highest BCUT2D eigenvalue weighted by molar-refractivity contribution is 7.08. The Hall–Kier alpha value is -2.91. The lowest BCUT2D eigenvalue weighted by Gasteiger charge is -2.24. The summed E-state index contributed by atoms with van der Waals surface area (Å²) in [6.07, 6.45) is 2.19. The van der Waals surface area contributed by atoms with Crippen LogP contribution in [0.1, 0.15) is 36.1 Å². The fourth-order valence-corrected chi connectivity index (χ4v) is 4.50. The summed E-state index contributed by atoms with van der Waals surface area (Å²) >= 11 is 3.05. The molecule has 0 spiro atoms. The first kappa shape index (κ1) is 18.5. The molecule has 2 aromatic rings. The van der Waals surface area contributed by atoms with Gasteiger partial charge >= 0.3 is 6.16 Å². The minimum Gasteiger partial charge on any atom is -0.399 e. The SMILES string of the molecule is O=C1C=C(OC(=O)OC2=CC(=O)NC(c3ccsc3)C2)CC(c2ccsc2)N1. The zero-order valence-electron chi connectivity index (χ0n) is 14.5. The number of hydrogen-bond acceptors (Lipinski definition) is 7. The van der Waals surface area contributed by atoms with Crippen LogP contribution in [0.4, 0.5) is 4.79 Å². The molecule has 0 radical (unpaired) electrons. The smallest absolute Gasteiger partial charge is 0.399 e. The molecule has 4 rings (SSSR count). The van der Waals surface area contributed by atoms with Crippen molar-refractivity contribution in [2.45, 2.75) is 24.9 Å². The van der Waals surface area contributed by atoms with Crippen LogP contribution in [0.15, 0.2) is 57.3 Å². The normalized spacial score (nSPS) is 21.9. The van der Waals surface area contributed by atoms with Gasteiger partial charge in [0.2, 0.25) is 11.8 Å². The summed E-state index contributed by atoms with van der Waals surface area (Å²) in [6, 6.07) is 3.31. The number of carbonyl (C=O) groups excluding carboxylic acids is 3. The third-order valence-corrected chi connectivity index (χ3v) is 5.75. The second-order valence-electron chi connectivity index (χ2n) is 6.32. The van der Waals surface area contributed by atoms with Gasteiger partial charge in [0.25, 0.3) is 0 Å². The van der Waals surface area contributed by atoms with Crippen molar-refractivity contribution in [3.05, 3.63) is 68.5 Å². The molecule has 0 fully saturated rings. The van der Waals surface area contributed by atoms with Crippen molar-refractivity contribution in [3.8, 4) is 0 Å². The van der Waals surface area contributed by atoms with Gasteiger partial charge in [-0.15, -0.1) is 0 Å². The quantitative estimate of drug-likeness (QED) is 0.744. The Morgan fingerprint density at radius 1 is 0.857 bits per heavy atom. The molecule has 0 saturated carbocycles. The topological polar surface area (TPSA) is 93.7 Å². The molecule has 28 heavy (non-hydrogen) atoms. The van der Waals surface area contributed by atoms with Crippen LogP contribution in [0.5, 0.6) is 0 Å². The minimum atomic E-state index is -0.963. The van der Waals surface area contributed by atoms with Crippen molar-refractivity contribution in [3.63, 3.8) is 0 Å². The monoisotopic (exact) mass is 416 g/mol. The van der Waals surface area contributed by atoms with Crippen LogP contribution in [-0.2, 0) is 19.1 Å². The molecule has 0 aliphatic carbocycles. The Kier molecular flexibility index (Phi) is 5.27. The number of ether oxygens (including phenoxy) is 2. The zero-order chi connectivity index (χ0) is 19.5. The van der Waals surface area contributed by atoms with E-state index in [-0.39, 0.29) is 35.4 Å². The molecular formula is C19H16N2O5S2. The van der Waals surface area contributed by atoms with Crippen molar-refractivity contribution < 1.29 is 23.9 Å². The molecule has 144 valence electrons. The zero-order valence-corrected chi connectivity index (χ0v) is 16.2. The van der Waals surface area contributed by atoms with E-state index in [2.05, 4.69) is 10.6 Å². The molecule has 0 aromatic carbocycles. The van der Waals surface area contributed by atoms with Crippen LogP contribution >= 0.6 is 22.7 Å². The molecule has 2 atom stereocenters. The van der Waals surface area contributed by atoms with E-state index in [4.69, 9.17) is 9.47 Å². The van der Waals surface area contributed by atoms with Gasteiger partial charge in [-0.25, -0.2) is 4.79 Å². The van der Waals surface area contributed by atoms with Crippen LogP contribution < -0.4 is 10.6 Å². The standard InChI is InChI=1S/C19H16N2O5S2/c22-17-7-13(5-15(20-17)11-1-3-27-9-11)25-19(24)26-14-6-16(21-18(23)8-14)12-2-4-28-10-12/h1-4,7-10,15-16H,5-6H2,(H,20,22)(H,21,23). The maximum atomic E-state index is 12.2. The number of hydrogen-bond donors (Lipinski definition) is 2. The van der Waals surface area contributed by atoms with Gasteiger partial charge in [-0.3, -0.25) is 9.59 Å². The van der Waals surface area contributed by atoms with Crippen molar-refractivity contribution in [2.75, 3.05) is 0 Å². The molecule has 0 saturated heterocycles. The number of thiophene rings is 2. The fourth-order valence-electron chi connectivity index (χ4n) is 3.07. The van der Waals surface area contributed by atoms with E-state index in [0.717, 1.165) is 11.1 Å². The first-order chi connectivity index (χ1) is 13.6. The van der Waals surface area contributed by atoms with E-state index in [1.807, 2.05) is 33.7 Å². The first-order valence-electron chi connectivity index (χ1n) is 8.53. The minimum absolute atomic E-state index is 0.222. The predicted molar refractivity (Wildman–Crippen MR) is 103 cm³/mol. The van der Waals surface area contributed by atoms with Crippen LogP contribution in [-0.4, -0.2) is 18.0 Å². The van der Waals surface area contributed by atoms with Crippen molar-refractivity contribution in [2.24, 2.45) is 0 Å². The van der Waals surface area contributed by atoms with E-state index < -0.39 is 6.16 Å². The fraction of sp³-hybridized carbons (Fsp3) is 0.211. The number of amides is 2. The first-order valence-corrected chi connectivity index (χ1v) is 10.4. The van der Waals surface area contributed by atoms with E-state index in [9.17, 15) is 14.4 Å². The van der Waals surface area contributed by atoms with Crippen molar-refractivity contribution in [1.29, 1.82) is 0 Å². The summed E-state index contributed by atoms with van der Waals surface area (Å²) in [5.41, 5.74) is 1.90. The van der Waals surface area contributed by atoms with E-state index in [1.54, 1.807) is 0 Å². The molecule has 2 amide bonds. The number of carbonyl (C=O) groups is 3. The molecular weight excluding hydrogens is 400 g/mol. The largest absolute Gasteiger partial charge is 0.518 e. The van der Waals surface area contributed by atoms with Gasteiger partial charge < -0.3 is 20.1 Å². The van der Waals surface area contributed by atoms with Gasteiger partial charge in [0.15, 0.2) is 0 Å². The van der Waals surface area contributed by atoms with Crippen LogP contribution in [0.25, 0.3) is 0 Å². The maximum Gasteiger partial charge on any atom is 0.518 e. The maximum absolute atomic E-state index is 12.2. The molecule has 4 heterocycles. The lowest BCUT2D eigenvalue weighted by Crippen LogP contribution is -2.33. The number of rotatable bonds is 4. The Morgan fingerprint density at radius 2 is 1.32 bits per heavy atom. The molecule has 0 bridgehead atoms. The van der Waals surface area contributed by atoms with Crippen molar-refractivity contribution >= 4 is 40.6 Å². The van der Waals surface area contributed by atoms with E-state index >= 15 is 0 Å². The molecule has 2 unspecified atom stereocenters. The summed E-state index contributed by atoms with van der Waals surface area (Å²) in [5.74, 6) is -0.224. The third-order valence-electron chi connectivity index (χ3n) is 4.35. The third kappa shape index (κ3) is 4.32. The Morgan fingerprint density at radius 3 is 1.71 bits per heavy atom. The molecule has 2 N–H and O–H groups in total. The lowest BCUT2D eigenvalue weighted by atomic mass is 10.0. The van der Waals surface area contributed by atoms with Crippen LogP contribution in [0.2, 0.25) is 0 Å². The van der Waals surface area contributed by atoms with E-state index in [0.29, 0.717) is 12.8 Å². The summed E-state index contributed by atoms with van der Waals surface area (Å²) in [7, 11) is 0. The van der Waals surface area contributed by atoms with Crippen molar-refractivity contribution in [1.82, 2.24) is 10.6 Å². The second-order valence-corrected chi connectivity index (χ2v) is 7.88. The molecule has 2 aliphatic heterocycles. The molecule has 9 heteroatoms. The average molecular weight is 416 g/mol. The highest BCUT2D eigenvalue weighted by atomic mass is 32.1. The van der Waals surface area contributed by atoms with Gasteiger partial charge in [0, 0.05) is 25.0 Å². The Labute approximate surface area is 168 Å². The van der Waals surface area contributed by atoms with Gasteiger partial charge in [-0.05, 0) is 44.8 Å². The molecule has 7 nitrogen and oxygen atoms in total. The predicted octanol–water partition coefficient (Wildman–Crippen LogP) is 3.55. The van der Waals surface area contributed by atoms with Gasteiger partial charge in [-0.1, -0.05) is 0 Å². The van der Waals surface area contributed by atoms with E-state index in [1.165, 1.54) is 34.8 Å². The molecule has 2 aliphatic rings. The summed E-state index contributed by atoms with van der Waals surface area (Å²) in [4.78, 5) is 36.0. The highest BCUT2D eigenvalue weighted by Crippen LogP contribution is 2.29. The number of nitrogens with one attached hydrogen (secondary N) is 2. The van der Waals surface area contributed by atoms with Crippen LogP contribution in [0, 0.1) is 0 Å². The Bertz CT molecular complexity index is 871. The highest BCUT2D eigenvalue weighted by Gasteiger charge is 2.27.